The second-order valence-electron chi connectivity index (χ2n) is 6.12. The minimum Gasteiger partial charge on any atom is -0.383 e. The van der Waals surface area contributed by atoms with Gasteiger partial charge in [0.1, 0.15) is 11.5 Å². The van der Waals surface area contributed by atoms with Gasteiger partial charge in [0.15, 0.2) is 0 Å². The Morgan fingerprint density at radius 2 is 1.89 bits per heavy atom. The third-order valence-electron chi connectivity index (χ3n) is 4.11. The number of aromatic nitrogens is 1. The van der Waals surface area contributed by atoms with Crippen LogP contribution in [0.25, 0.3) is 0 Å². The normalized spacial score (nSPS) is 10.5. The molecule has 0 spiro atoms. The van der Waals surface area contributed by atoms with Gasteiger partial charge in [-0.25, -0.2) is 9.37 Å². The topological polar surface area (TPSA) is 54.0 Å². The van der Waals surface area contributed by atoms with Gasteiger partial charge >= 0.3 is 0 Å². The predicted octanol–water partition coefficient (Wildman–Crippen LogP) is 5.09. The van der Waals surface area contributed by atoms with E-state index in [1.807, 2.05) is 19.1 Å². The number of benzene rings is 2. The Morgan fingerprint density at radius 3 is 2.59 bits per heavy atom. The maximum atomic E-state index is 13.6. The second kappa shape index (κ2) is 8.64. The summed E-state index contributed by atoms with van der Waals surface area (Å²) >= 11 is 6.07. The van der Waals surface area contributed by atoms with Crippen LogP contribution in [0.1, 0.15) is 21.6 Å². The van der Waals surface area contributed by atoms with Crippen molar-refractivity contribution in [2.24, 2.45) is 0 Å². The number of amides is 1. The van der Waals surface area contributed by atoms with E-state index in [1.54, 1.807) is 42.6 Å². The molecule has 2 N–H and O–H groups in total. The fourth-order valence-corrected chi connectivity index (χ4v) is 2.72. The number of hydrogen-bond acceptors (Lipinski definition) is 3. The molecule has 0 saturated heterocycles. The molecule has 0 bridgehead atoms. The Balaban J connectivity index is 1.55. The van der Waals surface area contributed by atoms with Crippen LogP contribution in [0.3, 0.4) is 0 Å². The highest BCUT2D eigenvalue weighted by molar-refractivity contribution is 6.31. The number of nitrogens with zero attached hydrogens (tertiary/aromatic N) is 1. The van der Waals surface area contributed by atoms with Crippen LogP contribution in [0.2, 0.25) is 5.02 Å². The predicted molar refractivity (Wildman–Crippen MR) is 107 cm³/mol. The van der Waals surface area contributed by atoms with E-state index in [0.29, 0.717) is 34.9 Å². The Labute approximate surface area is 162 Å². The van der Waals surface area contributed by atoms with E-state index in [-0.39, 0.29) is 11.7 Å². The van der Waals surface area contributed by atoms with Crippen molar-refractivity contribution in [1.29, 1.82) is 0 Å². The lowest BCUT2D eigenvalue weighted by atomic mass is 10.1. The quantitative estimate of drug-likeness (QED) is 0.623. The summed E-state index contributed by atoms with van der Waals surface area (Å²) in [6.45, 7) is 2.46. The fourth-order valence-electron chi connectivity index (χ4n) is 2.54. The molecule has 0 aliphatic carbocycles. The largest absolute Gasteiger partial charge is 0.383 e. The highest BCUT2D eigenvalue weighted by atomic mass is 35.5. The van der Waals surface area contributed by atoms with E-state index in [1.165, 1.54) is 6.07 Å². The summed E-state index contributed by atoms with van der Waals surface area (Å²) in [7, 11) is 0. The van der Waals surface area contributed by atoms with Gasteiger partial charge in [0.05, 0.1) is 11.9 Å². The van der Waals surface area contributed by atoms with Crippen molar-refractivity contribution in [1.82, 2.24) is 4.98 Å². The number of anilines is 2. The molecular formula is C21H19ClFN3O. The summed E-state index contributed by atoms with van der Waals surface area (Å²) in [6, 6.07) is 15.4. The van der Waals surface area contributed by atoms with Crippen LogP contribution in [0.5, 0.6) is 0 Å². The molecule has 0 aliphatic heterocycles. The van der Waals surface area contributed by atoms with Crippen molar-refractivity contribution >= 4 is 28.9 Å². The number of aryl methyl sites for hydroxylation is 1. The third kappa shape index (κ3) is 5.05. The molecule has 0 fully saturated rings. The molecule has 1 amide bonds. The lowest BCUT2D eigenvalue weighted by Crippen LogP contribution is -2.14. The van der Waals surface area contributed by atoms with Gasteiger partial charge in [-0.3, -0.25) is 4.79 Å². The van der Waals surface area contributed by atoms with Gasteiger partial charge in [-0.1, -0.05) is 35.9 Å². The zero-order valence-electron chi connectivity index (χ0n) is 14.8. The van der Waals surface area contributed by atoms with Gasteiger partial charge < -0.3 is 10.6 Å². The lowest BCUT2D eigenvalue weighted by Gasteiger charge is -2.09. The van der Waals surface area contributed by atoms with Crippen molar-refractivity contribution < 1.29 is 9.18 Å². The van der Waals surface area contributed by atoms with Gasteiger partial charge in [-0.15, -0.1) is 0 Å². The fraction of sp³-hybridized carbons (Fsp3) is 0.143. The van der Waals surface area contributed by atoms with Crippen molar-refractivity contribution in [3.63, 3.8) is 0 Å². The molecule has 3 rings (SSSR count). The summed E-state index contributed by atoms with van der Waals surface area (Å²) in [5, 5.41) is 6.53. The molecule has 6 heteroatoms. The second-order valence-corrected chi connectivity index (χ2v) is 6.53. The lowest BCUT2D eigenvalue weighted by molar-refractivity contribution is 0.102. The van der Waals surface area contributed by atoms with E-state index >= 15 is 0 Å². The zero-order valence-corrected chi connectivity index (χ0v) is 15.6. The minimum absolute atomic E-state index is 0.208. The summed E-state index contributed by atoms with van der Waals surface area (Å²) in [6.07, 6.45) is 2.14. The minimum atomic E-state index is -0.312. The average molecular weight is 384 g/mol. The molecule has 138 valence electrons. The van der Waals surface area contributed by atoms with E-state index in [9.17, 15) is 9.18 Å². The molecule has 2 aromatic carbocycles. The smallest absolute Gasteiger partial charge is 0.274 e. The Kier molecular flexibility index (Phi) is 6.04. The van der Waals surface area contributed by atoms with E-state index in [2.05, 4.69) is 15.6 Å². The highest BCUT2D eigenvalue weighted by Crippen LogP contribution is 2.20. The number of pyridine rings is 1. The van der Waals surface area contributed by atoms with Crippen molar-refractivity contribution in [2.45, 2.75) is 13.3 Å². The Hall–Kier alpha value is -2.92. The van der Waals surface area contributed by atoms with Crippen molar-refractivity contribution in [3.05, 3.63) is 88.5 Å². The first-order chi connectivity index (χ1) is 13.0. The Bertz CT molecular complexity index is 944. The van der Waals surface area contributed by atoms with E-state index in [4.69, 9.17) is 11.6 Å². The number of carbonyl (C=O) groups excluding carboxylic acids is 1. The first kappa shape index (κ1) is 18.9. The van der Waals surface area contributed by atoms with Gasteiger partial charge in [-0.05, 0) is 54.8 Å². The van der Waals surface area contributed by atoms with Gasteiger partial charge in [0.2, 0.25) is 0 Å². The Morgan fingerprint density at radius 1 is 1.11 bits per heavy atom. The van der Waals surface area contributed by atoms with Crippen LogP contribution in [-0.4, -0.2) is 17.4 Å². The maximum absolute atomic E-state index is 13.6. The molecule has 0 unspecified atom stereocenters. The number of nitrogens with one attached hydrogen (secondary N) is 2. The molecule has 0 saturated carbocycles. The van der Waals surface area contributed by atoms with Crippen LogP contribution in [0.15, 0.2) is 60.8 Å². The number of carbonyl (C=O) groups is 1. The molecular weight excluding hydrogens is 365 g/mol. The first-order valence-corrected chi connectivity index (χ1v) is 8.91. The third-order valence-corrected chi connectivity index (χ3v) is 4.51. The number of rotatable bonds is 6. The monoisotopic (exact) mass is 383 g/mol. The summed E-state index contributed by atoms with van der Waals surface area (Å²) < 4.78 is 13.6. The zero-order chi connectivity index (χ0) is 19.2. The first-order valence-electron chi connectivity index (χ1n) is 8.54. The average Bonchev–Trinajstić information content (AvgIpc) is 2.67. The van der Waals surface area contributed by atoms with Crippen LogP contribution in [-0.2, 0) is 6.42 Å². The summed E-state index contributed by atoms with van der Waals surface area (Å²) in [5.41, 5.74) is 3.28. The van der Waals surface area contributed by atoms with E-state index in [0.717, 1.165) is 11.3 Å². The van der Waals surface area contributed by atoms with Crippen LogP contribution in [0.4, 0.5) is 15.8 Å². The molecule has 0 aliphatic rings. The maximum Gasteiger partial charge on any atom is 0.274 e. The SMILES string of the molecule is Cc1ccc(NC(=O)c2ccc(NCCc3ccccc3F)cn2)cc1Cl. The van der Waals surface area contributed by atoms with Crippen LogP contribution >= 0.6 is 11.6 Å². The standard InChI is InChI=1S/C21H19ClFN3O/c1-14-6-7-16(12-18(14)22)26-21(27)20-9-8-17(13-25-20)24-11-10-15-4-2-3-5-19(15)23/h2-9,12-13,24H,10-11H2,1H3,(H,26,27). The molecule has 1 aromatic heterocycles. The van der Waals surface area contributed by atoms with E-state index < -0.39 is 0 Å². The molecule has 27 heavy (non-hydrogen) atoms. The van der Waals surface area contributed by atoms with Crippen LogP contribution < -0.4 is 10.6 Å². The molecule has 0 radical (unpaired) electrons. The van der Waals surface area contributed by atoms with Gasteiger partial charge in [0.25, 0.3) is 5.91 Å². The molecule has 3 aromatic rings. The summed E-state index contributed by atoms with van der Waals surface area (Å²) in [5.74, 6) is -0.520. The highest BCUT2D eigenvalue weighted by Gasteiger charge is 2.09. The van der Waals surface area contributed by atoms with Crippen molar-refractivity contribution in [2.75, 3.05) is 17.2 Å². The van der Waals surface area contributed by atoms with Crippen molar-refractivity contribution in [3.8, 4) is 0 Å². The molecule has 1 heterocycles. The van der Waals surface area contributed by atoms with Crippen LogP contribution in [0, 0.1) is 12.7 Å². The molecule has 4 nitrogen and oxygen atoms in total. The number of halogens is 2. The van der Waals surface area contributed by atoms with Gasteiger partial charge in [-0.2, -0.15) is 0 Å². The van der Waals surface area contributed by atoms with Gasteiger partial charge in [0, 0.05) is 17.3 Å². The summed E-state index contributed by atoms with van der Waals surface area (Å²) in [4.78, 5) is 16.5. The number of hydrogen-bond donors (Lipinski definition) is 2. The molecule has 0 atom stereocenters.